The number of guanidine groups is 1. The maximum absolute atomic E-state index is 5.83. The molecule has 2 fully saturated rings. The lowest BCUT2D eigenvalue weighted by molar-refractivity contribution is -0.00545. The Kier molecular flexibility index (Phi) is 12.0. The van der Waals surface area contributed by atoms with Crippen LogP contribution in [0.4, 0.5) is 5.82 Å². The topological polar surface area (TPSA) is 65.0 Å². The van der Waals surface area contributed by atoms with Crippen molar-refractivity contribution in [2.75, 3.05) is 44.2 Å². The van der Waals surface area contributed by atoms with Crippen LogP contribution >= 0.6 is 24.0 Å². The monoisotopic (exact) mass is 558 g/mol. The Morgan fingerprint density at radius 1 is 1.16 bits per heavy atom. The molecule has 2 aliphatic rings. The molecule has 1 aromatic rings. The Labute approximate surface area is 211 Å². The number of pyridine rings is 1. The van der Waals surface area contributed by atoms with Gasteiger partial charge in [0, 0.05) is 45.0 Å². The lowest BCUT2D eigenvalue weighted by atomic mass is 10.0. The molecular formula is C24H43IN6O. The van der Waals surface area contributed by atoms with Crippen molar-refractivity contribution in [3.63, 3.8) is 0 Å². The number of ether oxygens (including phenoxy) is 1. The summed E-state index contributed by atoms with van der Waals surface area (Å²) in [6, 6.07) is 4.99. The van der Waals surface area contributed by atoms with Gasteiger partial charge in [-0.25, -0.2) is 9.98 Å². The summed E-state index contributed by atoms with van der Waals surface area (Å²) in [6.45, 7) is 15.1. The number of nitrogens with one attached hydrogen (secondary N) is 2. The first-order chi connectivity index (χ1) is 15.1. The highest BCUT2D eigenvalue weighted by atomic mass is 127. The van der Waals surface area contributed by atoms with E-state index < -0.39 is 0 Å². The van der Waals surface area contributed by atoms with Gasteiger partial charge in [-0.15, -0.1) is 24.0 Å². The third kappa shape index (κ3) is 8.33. The van der Waals surface area contributed by atoms with Crippen molar-refractivity contribution in [2.45, 2.75) is 78.2 Å². The van der Waals surface area contributed by atoms with Gasteiger partial charge in [-0.3, -0.25) is 4.90 Å². The summed E-state index contributed by atoms with van der Waals surface area (Å²) in [5.74, 6) is 1.90. The minimum Gasteiger partial charge on any atom is -0.372 e. The maximum atomic E-state index is 5.83. The molecule has 0 amide bonds. The highest BCUT2D eigenvalue weighted by molar-refractivity contribution is 14.0. The molecule has 2 N–H and O–H groups in total. The highest BCUT2D eigenvalue weighted by Crippen LogP contribution is 2.19. The zero-order valence-electron chi connectivity index (χ0n) is 20.3. The molecule has 8 heteroatoms. The molecule has 0 bridgehead atoms. The third-order valence-electron chi connectivity index (χ3n) is 6.23. The standard InChI is InChI=1S/C24H42N6O.HI/c1-5-22-9-7-8-13-29(22)14-12-26-24(25-6-2)28-16-21-10-11-23(27-15-21)30-17-19(3)31-20(4)18-30;/h10-11,15,19-20,22H,5-9,12-14,16-18H2,1-4H3,(H2,25,26,28);1H. The van der Waals surface area contributed by atoms with Crippen LogP contribution in [0.2, 0.25) is 0 Å². The molecule has 7 nitrogen and oxygen atoms in total. The van der Waals surface area contributed by atoms with Crippen LogP contribution in [0.15, 0.2) is 23.3 Å². The van der Waals surface area contributed by atoms with E-state index in [1.165, 1.54) is 32.2 Å². The Morgan fingerprint density at radius 3 is 2.59 bits per heavy atom. The van der Waals surface area contributed by atoms with Crippen LogP contribution in [-0.4, -0.2) is 73.4 Å². The molecule has 32 heavy (non-hydrogen) atoms. The molecule has 3 rings (SSSR count). The normalized spacial score (nSPS) is 24.7. The summed E-state index contributed by atoms with van der Waals surface area (Å²) in [4.78, 5) is 14.4. The molecule has 0 saturated carbocycles. The molecule has 3 unspecified atom stereocenters. The highest BCUT2D eigenvalue weighted by Gasteiger charge is 2.23. The predicted molar refractivity (Wildman–Crippen MR) is 144 cm³/mol. The number of aliphatic imine (C=N–C) groups is 1. The van der Waals surface area contributed by atoms with E-state index in [1.807, 2.05) is 6.20 Å². The zero-order valence-corrected chi connectivity index (χ0v) is 22.7. The molecule has 2 aliphatic heterocycles. The van der Waals surface area contributed by atoms with Crippen molar-refractivity contribution < 1.29 is 4.74 Å². The first-order valence-corrected chi connectivity index (χ1v) is 12.2. The van der Waals surface area contributed by atoms with Gasteiger partial charge in [-0.05, 0) is 58.2 Å². The van der Waals surface area contributed by atoms with Crippen LogP contribution in [0.3, 0.4) is 0 Å². The maximum Gasteiger partial charge on any atom is 0.191 e. The van der Waals surface area contributed by atoms with Gasteiger partial charge in [-0.1, -0.05) is 19.4 Å². The Balaban J connectivity index is 0.00000363. The van der Waals surface area contributed by atoms with Gasteiger partial charge < -0.3 is 20.3 Å². The Bertz CT molecular complexity index is 676. The van der Waals surface area contributed by atoms with E-state index in [2.05, 4.69) is 65.2 Å². The summed E-state index contributed by atoms with van der Waals surface area (Å²) >= 11 is 0. The van der Waals surface area contributed by atoms with Gasteiger partial charge in [0.05, 0.1) is 18.8 Å². The largest absolute Gasteiger partial charge is 0.372 e. The van der Waals surface area contributed by atoms with Crippen molar-refractivity contribution in [1.82, 2.24) is 20.5 Å². The van der Waals surface area contributed by atoms with E-state index in [9.17, 15) is 0 Å². The smallest absolute Gasteiger partial charge is 0.191 e. The number of piperidine rings is 1. The van der Waals surface area contributed by atoms with Crippen molar-refractivity contribution in [3.05, 3.63) is 23.9 Å². The lowest BCUT2D eigenvalue weighted by Gasteiger charge is -2.36. The number of rotatable bonds is 8. The average molecular weight is 559 g/mol. The molecule has 0 radical (unpaired) electrons. The van der Waals surface area contributed by atoms with Crippen LogP contribution in [0.5, 0.6) is 0 Å². The van der Waals surface area contributed by atoms with Crippen molar-refractivity contribution >= 4 is 35.8 Å². The number of nitrogens with zero attached hydrogens (tertiary/aromatic N) is 4. The first kappa shape index (κ1) is 27.1. The molecule has 0 aromatic carbocycles. The average Bonchev–Trinajstić information content (AvgIpc) is 2.77. The minimum absolute atomic E-state index is 0. The summed E-state index contributed by atoms with van der Waals surface area (Å²) in [7, 11) is 0. The van der Waals surface area contributed by atoms with Gasteiger partial charge in [0.25, 0.3) is 0 Å². The van der Waals surface area contributed by atoms with Crippen molar-refractivity contribution in [3.8, 4) is 0 Å². The van der Waals surface area contributed by atoms with Crippen LogP contribution in [0.1, 0.15) is 58.9 Å². The summed E-state index contributed by atoms with van der Waals surface area (Å²) in [5.41, 5.74) is 1.12. The summed E-state index contributed by atoms with van der Waals surface area (Å²) in [6.07, 6.45) is 7.73. The molecule has 0 aliphatic carbocycles. The van der Waals surface area contributed by atoms with E-state index in [1.54, 1.807) is 0 Å². The number of hydrogen-bond donors (Lipinski definition) is 2. The molecule has 1 aromatic heterocycles. The number of aromatic nitrogens is 1. The van der Waals surface area contributed by atoms with Crippen molar-refractivity contribution in [1.29, 1.82) is 0 Å². The number of anilines is 1. The summed E-state index contributed by atoms with van der Waals surface area (Å²) in [5, 5.41) is 6.88. The third-order valence-corrected chi connectivity index (χ3v) is 6.23. The van der Waals surface area contributed by atoms with E-state index in [-0.39, 0.29) is 36.2 Å². The second-order valence-electron chi connectivity index (χ2n) is 8.90. The molecular weight excluding hydrogens is 515 g/mol. The predicted octanol–water partition coefficient (Wildman–Crippen LogP) is 3.63. The van der Waals surface area contributed by atoms with Gasteiger partial charge in [-0.2, -0.15) is 0 Å². The van der Waals surface area contributed by atoms with Gasteiger partial charge >= 0.3 is 0 Å². The SMILES string of the molecule is CCNC(=NCc1ccc(N2CC(C)OC(C)C2)nc1)NCCN1CCCCC1CC.I. The molecule has 3 heterocycles. The second-order valence-corrected chi connectivity index (χ2v) is 8.90. The lowest BCUT2D eigenvalue weighted by Crippen LogP contribution is -2.46. The van der Waals surface area contributed by atoms with E-state index >= 15 is 0 Å². The second kappa shape index (κ2) is 14.2. The fraction of sp³-hybridized carbons (Fsp3) is 0.750. The van der Waals surface area contributed by atoms with Gasteiger partial charge in [0.1, 0.15) is 5.82 Å². The van der Waals surface area contributed by atoms with E-state index in [0.717, 1.165) is 56.1 Å². The number of halogens is 1. The van der Waals surface area contributed by atoms with Crippen LogP contribution in [-0.2, 0) is 11.3 Å². The van der Waals surface area contributed by atoms with Crippen LogP contribution < -0.4 is 15.5 Å². The summed E-state index contributed by atoms with van der Waals surface area (Å²) < 4.78 is 5.83. The molecule has 3 atom stereocenters. The fourth-order valence-electron chi connectivity index (χ4n) is 4.71. The number of morpholine rings is 1. The van der Waals surface area contributed by atoms with Crippen molar-refractivity contribution in [2.24, 2.45) is 4.99 Å². The van der Waals surface area contributed by atoms with Gasteiger partial charge in [0.2, 0.25) is 0 Å². The Morgan fingerprint density at radius 2 is 1.94 bits per heavy atom. The number of likely N-dealkylation sites (tertiary alicyclic amines) is 1. The quantitative estimate of drug-likeness (QED) is 0.289. The molecule has 2 saturated heterocycles. The van der Waals surface area contributed by atoms with Crippen LogP contribution in [0.25, 0.3) is 0 Å². The Hall–Kier alpha value is -1.13. The van der Waals surface area contributed by atoms with E-state index in [4.69, 9.17) is 9.73 Å². The first-order valence-electron chi connectivity index (χ1n) is 12.2. The minimum atomic E-state index is 0. The molecule has 0 spiro atoms. The fourth-order valence-corrected chi connectivity index (χ4v) is 4.71. The number of hydrogen-bond acceptors (Lipinski definition) is 5. The van der Waals surface area contributed by atoms with Gasteiger partial charge in [0.15, 0.2) is 5.96 Å². The zero-order chi connectivity index (χ0) is 22.1. The molecule has 182 valence electrons. The van der Waals surface area contributed by atoms with E-state index in [0.29, 0.717) is 6.54 Å². The van der Waals surface area contributed by atoms with Crippen LogP contribution in [0, 0.1) is 0 Å².